The standard InChI is InChI=1S/C19H19FN2O3/c1-13-8-14(2)10-17(9-13)25-12-19(24)22-21-18(23)7-6-15-4-3-5-16(20)11-15/h3-11H,12H2,1-2H3,(H,21,23)(H,22,24)/b7-6+. The minimum atomic E-state index is -0.538. The van der Waals surface area contributed by atoms with Gasteiger partial charge >= 0.3 is 0 Å². The highest BCUT2D eigenvalue weighted by Crippen LogP contribution is 2.15. The van der Waals surface area contributed by atoms with Crippen molar-refractivity contribution in [3.63, 3.8) is 0 Å². The first-order valence-electron chi connectivity index (χ1n) is 7.66. The molecule has 0 unspecified atom stereocenters. The van der Waals surface area contributed by atoms with Gasteiger partial charge in [0.15, 0.2) is 6.61 Å². The fourth-order valence-electron chi connectivity index (χ4n) is 2.16. The quantitative estimate of drug-likeness (QED) is 0.648. The summed E-state index contributed by atoms with van der Waals surface area (Å²) in [5.74, 6) is -0.833. The summed E-state index contributed by atoms with van der Waals surface area (Å²) in [7, 11) is 0. The number of benzene rings is 2. The van der Waals surface area contributed by atoms with E-state index < -0.39 is 11.8 Å². The average molecular weight is 342 g/mol. The summed E-state index contributed by atoms with van der Waals surface area (Å²) in [6.07, 6.45) is 2.64. The molecule has 0 aliphatic rings. The van der Waals surface area contributed by atoms with Crippen molar-refractivity contribution in [2.24, 2.45) is 0 Å². The number of hydrogen-bond donors (Lipinski definition) is 2. The fourth-order valence-corrected chi connectivity index (χ4v) is 2.16. The van der Waals surface area contributed by atoms with E-state index in [9.17, 15) is 14.0 Å². The molecule has 25 heavy (non-hydrogen) atoms. The second kappa shape index (κ2) is 8.63. The van der Waals surface area contributed by atoms with Gasteiger partial charge in [0.25, 0.3) is 11.8 Å². The Hall–Kier alpha value is -3.15. The van der Waals surface area contributed by atoms with E-state index in [1.54, 1.807) is 12.1 Å². The lowest BCUT2D eigenvalue weighted by molar-refractivity contribution is -0.128. The van der Waals surface area contributed by atoms with Crippen molar-refractivity contribution >= 4 is 17.9 Å². The molecule has 5 nitrogen and oxygen atoms in total. The number of carbonyl (C=O) groups is 2. The number of halogens is 1. The maximum atomic E-state index is 13.0. The summed E-state index contributed by atoms with van der Waals surface area (Å²) in [6, 6.07) is 11.4. The normalized spacial score (nSPS) is 10.5. The Morgan fingerprint density at radius 3 is 2.48 bits per heavy atom. The van der Waals surface area contributed by atoms with Crippen LogP contribution >= 0.6 is 0 Å². The zero-order valence-corrected chi connectivity index (χ0v) is 14.0. The molecule has 0 fully saturated rings. The van der Waals surface area contributed by atoms with E-state index in [0.717, 1.165) is 11.1 Å². The molecule has 0 radical (unpaired) electrons. The molecule has 2 rings (SSSR count). The number of hydrogen-bond acceptors (Lipinski definition) is 3. The van der Waals surface area contributed by atoms with E-state index in [1.165, 1.54) is 24.3 Å². The summed E-state index contributed by atoms with van der Waals surface area (Å²) in [4.78, 5) is 23.3. The van der Waals surface area contributed by atoms with E-state index in [-0.39, 0.29) is 12.4 Å². The van der Waals surface area contributed by atoms with Crippen LogP contribution in [0, 0.1) is 19.7 Å². The van der Waals surface area contributed by atoms with Gasteiger partial charge in [0.05, 0.1) is 0 Å². The number of nitrogens with one attached hydrogen (secondary N) is 2. The van der Waals surface area contributed by atoms with Crippen molar-refractivity contribution in [1.29, 1.82) is 0 Å². The van der Waals surface area contributed by atoms with Crippen molar-refractivity contribution in [2.75, 3.05) is 6.61 Å². The molecular formula is C19H19FN2O3. The lowest BCUT2D eigenvalue weighted by atomic mass is 10.1. The summed E-state index contributed by atoms with van der Waals surface area (Å²) in [6.45, 7) is 3.65. The third-order valence-electron chi connectivity index (χ3n) is 3.17. The summed E-state index contributed by atoms with van der Waals surface area (Å²) in [5.41, 5.74) is 7.08. The molecule has 0 saturated heterocycles. The number of amides is 2. The van der Waals surface area contributed by atoms with Crippen LogP contribution in [0.25, 0.3) is 6.08 Å². The summed E-state index contributed by atoms with van der Waals surface area (Å²) < 4.78 is 18.4. The molecule has 0 saturated carbocycles. The molecule has 2 aromatic carbocycles. The molecule has 0 atom stereocenters. The Morgan fingerprint density at radius 2 is 1.80 bits per heavy atom. The van der Waals surface area contributed by atoms with Crippen LogP contribution in [0.5, 0.6) is 5.75 Å². The maximum absolute atomic E-state index is 13.0. The van der Waals surface area contributed by atoms with Crippen LogP contribution in [0.2, 0.25) is 0 Å². The van der Waals surface area contributed by atoms with Crippen molar-refractivity contribution < 1.29 is 18.7 Å². The molecule has 2 aromatic rings. The zero-order chi connectivity index (χ0) is 18.2. The van der Waals surface area contributed by atoms with Gasteiger partial charge in [0, 0.05) is 6.08 Å². The first kappa shape index (κ1) is 18.2. The monoisotopic (exact) mass is 342 g/mol. The molecule has 0 bridgehead atoms. The van der Waals surface area contributed by atoms with Gasteiger partial charge in [-0.25, -0.2) is 4.39 Å². The predicted molar refractivity (Wildman–Crippen MR) is 93.1 cm³/mol. The van der Waals surface area contributed by atoms with Crippen LogP contribution in [-0.4, -0.2) is 18.4 Å². The highest BCUT2D eigenvalue weighted by molar-refractivity contribution is 5.93. The number of ether oxygens (including phenoxy) is 1. The van der Waals surface area contributed by atoms with Crippen LogP contribution in [0.4, 0.5) is 4.39 Å². The minimum absolute atomic E-state index is 0.225. The van der Waals surface area contributed by atoms with Crippen molar-refractivity contribution in [1.82, 2.24) is 10.9 Å². The van der Waals surface area contributed by atoms with E-state index in [4.69, 9.17) is 4.74 Å². The topological polar surface area (TPSA) is 67.4 Å². The zero-order valence-electron chi connectivity index (χ0n) is 14.0. The molecular weight excluding hydrogens is 323 g/mol. The number of hydrazine groups is 1. The van der Waals surface area contributed by atoms with Gasteiger partial charge < -0.3 is 4.74 Å². The van der Waals surface area contributed by atoms with Crippen LogP contribution in [0.15, 0.2) is 48.5 Å². The van der Waals surface area contributed by atoms with Crippen LogP contribution in [-0.2, 0) is 9.59 Å². The number of rotatable bonds is 5. The fraction of sp³-hybridized carbons (Fsp3) is 0.158. The van der Waals surface area contributed by atoms with Gasteiger partial charge in [-0.1, -0.05) is 18.2 Å². The smallest absolute Gasteiger partial charge is 0.276 e. The Kier molecular flexibility index (Phi) is 6.28. The van der Waals surface area contributed by atoms with Gasteiger partial charge in [-0.2, -0.15) is 0 Å². The number of carbonyl (C=O) groups excluding carboxylic acids is 2. The average Bonchev–Trinajstić information content (AvgIpc) is 2.55. The van der Waals surface area contributed by atoms with Crippen LogP contribution in [0.3, 0.4) is 0 Å². The highest BCUT2D eigenvalue weighted by Gasteiger charge is 2.04. The number of aryl methyl sites for hydroxylation is 2. The molecule has 0 aliphatic carbocycles. The van der Waals surface area contributed by atoms with Gasteiger partial charge in [0.2, 0.25) is 0 Å². The molecule has 0 heterocycles. The van der Waals surface area contributed by atoms with E-state index >= 15 is 0 Å². The minimum Gasteiger partial charge on any atom is -0.484 e. The van der Waals surface area contributed by atoms with Crippen LogP contribution in [0.1, 0.15) is 16.7 Å². The second-order valence-corrected chi connectivity index (χ2v) is 5.54. The van der Waals surface area contributed by atoms with Gasteiger partial charge in [-0.3, -0.25) is 20.4 Å². The summed E-state index contributed by atoms with van der Waals surface area (Å²) in [5, 5.41) is 0. The lowest BCUT2D eigenvalue weighted by Gasteiger charge is -2.09. The van der Waals surface area contributed by atoms with Gasteiger partial charge in [-0.15, -0.1) is 0 Å². The maximum Gasteiger partial charge on any atom is 0.276 e. The first-order chi connectivity index (χ1) is 11.9. The Bertz CT molecular complexity index is 783. The second-order valence-electron chi connectivity index (χ2n) is 5.54. The third-order valence-corrected chi connectivity index (χ3v) is 3.17. The third kappa shape index (κ3) is 6.47. The molecule has 130 valence electrons. The van der Waals surface area contributed by atoms with Gasteiger partial charge in [-0.05, 0) is 60.9 Å². The highest BCUT2D eigenvalue weighted by atomic mass is 19.1. The van der Waals surface area contributed by atoms with E-state index in [1.807, 2.05) is 32.0 Å². The lowest BCUT2D eigenvalue weighted by Crippen LogP contribution is -2.43. The SMILES string of the molecule is Cc1cc(C)cc(OCC(=O)NNC(=O)/C=C/c2cccc(F)c2)c1. The van der Waals surface area contributed by atoms with Crippen molar-refractivity contribution in [3.05, 3.63) is 71.0 Å². The Balaban J connectivity index is 1.76. The largest absolute Gasteiger partial charge is 0.484 e. The molecule has 0 spiro atoms. The summed E-state index contributed by atoms with van der Waals surface area (Å²) >= 11 is 0. The molecule has 2 N–H and O–H groups in total. The molecule has 0 aliphatic heterocycles. The van der Waals surface area contributed by atoms with E-state index in [2.05, 4.69) is 10.9 Å². The van der Waals surface area contributed by atoms with Crippen LogP contribution < -0.4 is 15.6 Å². The Morgan fingerprint density at radius 1 is 1.08 bits per heavy atom. The Labute approximate surface area is 145 Å². The molecule has 2 amide bonds. The molecule has 6 heteroatoms. The van der Waals surface area contributed by atoms with Gasteiger partial charge in [0.1, 0.15) is 11.6 Å². The van der Waals surface area contributed by atoms with E-state index in [0.29, 0.717) is 11.3 Å². The van der Waals surface area contributed by atoms with Crippen molar-refractivity contribution in [2.45, 2.75) is 13.8 Å². The molecule has 0 aromatic heterocycles. The first-order valence-corrected chi connectivity index (χ1v) is 7.66. The predicted octanol–water partition coefficient (Wildman–Crippen LogP) is 2.68. The van der Waals surface area contributed by atoms with Crippen molar-refractivity contribution in [3.8, 4) is 5.75 Å².